The number of thioether (sulfide) groups is 1. The van der Waals surface area contributed by atoms with Crippen LogP contribution in [0.1, 0.15) is 58.9 Å². The lowest BCUT2D eigenvalue weighted by Crippen LogP contribution is -2.61. The monoisotopic (exact) mass is 492 g/mol. The highest BCUT2D eigenvalue weighted by atomic mass is 32.2. The van der Waals surface area contributed by atoms with Crippen molar-refractivity contribution in [3.05, 3.63) is 29.8 Å². The fourth-order valence-electron chi connectivity index (χ4n) is 4.10. The molecule has 0 aromatic heterocycles. The van der Waals surface area contributed by atoms with Gasteiger partial charge in [0.05, 0.1) is 19.0 Å². The largest absolute Gasteiger partial charge is 0.497 e. The molecule has 2 atom stereocenters. The van der Waals surface area contributed by atoms with E-state index in [9.17, 15) is 19.2 Å². The first-order valence-electron chi connectivity index (χ1n) is 11.7. The molecule has 0 spiro atoms. The Kier molecular flexibility index (Phi) is 10.4. The second-order valence-electron chi connectivity index (χ2n) is 8.88. The number of rotatable bonds is 11. The van der Waals surface area contributed by atoms with Gasteiger partial charge in [0.25, 0.3) is 0 Å². The van der Waals surface area contributed by atoms with Crippen LogP contribution in [0, 0.1) is 5.92 Å². The second kappa shape index (κ2) is 12.8. The molecule has 0 radical (unpaired) electrons. The first kappa shape index (κ1) is 27.7. The summed E-state index contributed by atoms with van der Waals surface area (Å²) in [6, 6.07) is 6.34. The van der Waals surface area contributed by atoms with Crippen molar-refractivity contribution in [2.75, 3.05) is 13.7 Å². The summed E-state index contributed by atoms with van der Waals surface area (Å²) in [5.41, 5.74) is -0.284. The number of ether oxygens (including phenoxy) is 2. The van der Waals surface area contributed by atoms with Crippen molar-refractivity contribution in [3.63, 3.8) is 0 Å². The van der Waals surface area contributed by atoms with Gasteiger partial charge in [-0.1, -0.05) is 50.6 Å². The fourth-order valence-corrected chi connectivity index (χ4v) is 4.89. The van der Waals surface area contributed by atoms with Crippen LogP contribution in [-0.2, 0) is 30.3 Å². The van der Waals surface area contributed by atoms with Gasteiger partial charge < -0.3 is 20.1 Å². The third kappa shape index (κ3) is 7.48. The Morgan fingerprint density at radius 3 is 2.21 bits per heavy atom. The van der Waals surface area contributed by atoms with Gasteiger partial charge in [-0.2, -0.15) is 0 Å². The topological polar surface area (TPSA) is 111 Å². The van der Waals surface area contributed by atoms with Crippen molar-refractivity contribution >= 4 is 34.7 Å². The van der Waals surface area contributed by atoms with Crippen molar-refractivity contribution in [1.82, 2.24) is 10.6 Å². The van der Waals surface area contributed by atoms with Crippen LogP contribution < -0.4 is 15.4 Å². The Hall–Kier alpha value is -2.55. The van der Waals surface area contributed by atoms with E-state index < -0.39 is 28.7 Å². The minimum absolute atomic E-state index is 0.0854. The highest BCUT2D eigenvalue weighted by Gasteiger charge is 2.45. The van der Waals surface area contributed by atoms with Crippen LogP contribution in [-0.4, -0.2) is 53.4 Å². The minimum atomic E-state index is -1.12. The zero-order valence-electron chi connectivity index (χ0n) is 20.6. The predicted molar refractivity (Wildman–Crippen MR) is 132 cm³/mol. The molecule has 1 aromatic rings. The average Bonchev–Trinajstić information content (AvgIpc) is 3.27. The summed E-state index contributed by atoms with van der Waals surface area (Å²) in [7, 11) is 1.57. The molecule has 2 N–H and O–H groups in total. The predicted octanol–water partition coefficient (Wildman–Crippen LogP) is 3.02. The summed E-state index contributed by atoms with van der Waals surface area (Å²) in [4.78, 5) is 50.9. The van der Waals surface area contributed by atoms with E-state index in [1.54, 1.807) is 26.2 Å². The molecule has 1 aliphatic carbocycles. The molecular weight excluding hydrogens is 456 g/mol. The summed E-state index contributed by atoms with van der Waals surface area (Å²) in [5.74, 6) is -0.664. The van der Waals surface area contributed by atoms with Crippen LogP contribution in [0.5, 0.6) is 5.75 Å². The second-order valence-corrected chi connectivity index (χ2v) is 10.2. The quantitative estimate of drug-likeness (QED) is 0.457. The molecule has 1 fully saturated rings. The summed E-state index contributed by atoms with van der Waals surface area (Å²) < 4.78 is 10.4. The zero-order chi connectivity index (χ0) is 25.3. The Bertz CT molecular complexity index is 865. The number of hydrogen-bond donors (Lipinski definition) is 2. The number of carbonyl (C=O) groups excluding carboxylic acids is 4. The van der Waals surface area contributed by atoms with Gasteiger partial charge in [-0.15, -0.1) is 0 Å². The van der Waals surface area contributed by atoms with E-state index in [1.807, 2.05) is 26.0 Å². The normalized spacial score (nSPS) is 16.4. The van der Waals surface area contributed by atoms with Gasteiger partial charge >= 0.3 is 5.97 Å². The molecule has 188 valence electrons. The Balaban J connectivity index is 2.22. The van der Waals surface area contributed by atoms with Gasteiger partial charge in [0.15, 0.2) is 5.12 Å². The van der Waals surface area contributed by atoms with Crippen LogP contribution in [0.4, 0.5) is 0 Å². The van der Waals surface area contributed by atoms with Gasteiger partial charge in [-0.25, -0.2) is 4.79 Å². The molecule has 1 aliphatic rings. The molecule has 2 amide bonds. The van der Waals surface area contributed by atoms with E-state index >= 15 is 0 Å². The molecule has 2 rings (SSSR count). The third-order valence-electron chi connectivity index (χ3n) is 5.89. The molecule has 0 bridgehead atoms. The molecular formula is C25H36N2O6S. The number of amides is 2. The van der Waals surface area contributed by atoms with Crippen LogP contribution in [0.2, 0.25) is 0 Å². The summed E-state index contributed by atoms with van der Waals surface area (Å²) in [6.07, 6.45) is 2.74. The van der Waals surface area contributed by atoms with E-state index in [4.69, 9.17) is 9.47 Å². The summed E-state index contributed by atoms with van der Waals surface area (Å²) >= 11 is 0.973. The molecule has 0 heterocycles. The summed E-state index contributed by atoms with van der Waals surface area (Å²) in [5, 5.41) is 5.04. The lowest BCUT2D eigenvalue weighted by Gasteiger charge is -2.33. The van der Waals surface area contributed by atoms with Crippen LogP contribution in [0.25, 0.3) is 0 Å². The molecule has 8 nitrogen and oxygen atoms in total. The molecule has 0 aliphatic heterocycles. The highest BCUT2D eigenvalue weighted by molar-refractivity contribution is 8.14. The molecule has 1 aromatic carbocycles. The summed E-state index contributed by atoms with van der Waals surface area (Å²) in [6.45, 7) is 7.06. The highest BCUT2D eigenvalue weighted by Crippen LogP contribution is 2.32. The minimum Gasteiger partial charge on any atom is -0.497 e. The fraction of sp³-hybridized carbons (Fsp3) is 0.600. The first-order valence-corrected chi connectivity index (χ1v) is 12.6. The number of esters is 1. The SMILES string of the molecule is CCOC(=O)[C@@H](Cc1ccc(OC)cc1)NC(=O)C1(NC(=O)[C@H](SC(C)=O)C(C)C)CCCC1. The molecule has 34 heavy (non-hydrogen) atoms. The van der Waals surface area contributed by atoms with Crippen molar-refractivity contribution in [3.8, 4) is 5.75 Å². The lowest BCUT2D eigenvalue weighted by molar-refractivity contribution is -0.148. The van der Waals surface area contributed by atoms with Gasteiger partial charge in [0.1, 0.15) is 17.3 Å². The van der Waals surface area contributed by atoms with Crippen molar-refractivity contribution in [2.24, 2.45) is 5.92 Å². The van der Waals surface area contributed by atoms with E-state index in [0.717, 1.165) is 30.2 Å². The average molecular weight is 493 g/mol. The van der Waals surface area contributed by atoms with Gasteiger partial charge in [0, 0.05) is 13.3 Å². The number of nitrogens with one attached hydrogen (secondary N) is 2. The van der Waals surface area contributed by atoms with Crippen molar-refractivity contribution in [1.29, 1.82) is 0 Å². The number of methoxy groups -OCH3 is 1. The molecule has 0 unspecified atom stereocenters. The van der Waals surface area contributed by atoms with Gasteiger partial charge in [-0.3, -0.25) is 14.4 Å². The molecule has 9 heteroatoms. The van der Waals surface area contributed by atoms with Crippen molar-refractivity contribution < 1.29 is 28.7 Å². The lowest BCUT2D eigenvalue weighted by atomic mass is 9.94. The smallest absolute Gasteiger partial charge is 0.328 e. The van der Waals surface area contributed by atoms with Crippen LogP contribution in [0.15, 0.2) is 24.3 Å². The standard InChI is InChI=1S/C25H36N2O6S/c1-6-33-23(30)20(15-18-9-11-19(32-5)12-10-18)26-24(31)25(13-7-8-14-25)27-22(29)21(16(2)3)34-17(4)28/h9-12,16,20-21H,6-8,13-15H2,1-5H3,(H,26,31)(H,27,29)/t20-,21-/m1/s1. The van der Waals surface area contributed by atoms with Gasteiger partial charge in [0.2, 0.25) is 11.8 Å². The zero-order valence-corrected chi connectivity index (χ0v) is 21.5. The van der Waals surface area contributed by atoms with Gasteiger partial charge in [-0.05, 0) is 43.4 Å². The Morgan fingerprint density at radius 2 is 1.71 bits per heavy atom. The molecule has 0 saturated heterocycles. The molecule has 1 saturated carbocycles. The third-order valence-corrected chi connectivity index (χ3v) is 7.23. The maximum atomic E-state index is 13.5. The van der Waals surface area contributed by atoms with E-state index in [-0.39, 0.29) is 30.0 Å². The van der Waals surface area contributed by atoms with Crippen LogP contribution >= 0.6 is 11.8 Å². The van der Waals surface area contributed by atoms with Crippen molar-refractivity contribution in [2.45, 2.75) is 76.6 Å². The maximum Gasteiger partial charge on any atom is 0.328 e. The van der Waals surface area contributed by atoms with E-state index in [1.165, 1.54) is 6.92 Å². The Morgan fingerprint density at radius 1 is 1.09 bits per heavy atom. The number of benzene rings is 1. The van der Waals surface area contributed by atoms with E-state index in [2.05, 4.69) is 10.6 Å². The number of hydrogen-bond acceptors (Lipinski definition) is 7. The van der Waals surface area contributed by atoms with Crippen LogP contribution in [0.3, 0.4) is 0 Å². The number of carbonyl (C=O) groups is 4. The first-order chi connectivity index (χ1) is 16.1. The van der Waals surface area contributed by atoms with E-state index in [0.29, 0.717) is 18.6 Å². The maximum absolute atomic E-state index is 13.5. The Labute approximate surface area is 205 Å².